The highest BCUT2D eigenvalue weighted by Crippen LogP contribution is 2.34. The number of rotatable bonds is 1. The van der Waals surface area contributed by atoms with Crippen molar-refractivity contribution in [3.63, 3.8) is 0 Å². The van der Waals surface area contributed by atoms with E-state index in [1.165, 1.54) is 6.92 Å². The fourth-order valence-electron chi connectivity index (χ4n) is 1.05. The van der Waals surface area contributed by atoms with Gasteiger partial charge in [0.2, 0.25) is 10.4 Å². The SMILES string of the molecule is CCOC(=O)[S+]1C=C(C(F)(F)F)NC1(N)[N+]#N. The molecule has 1 rings (SSSR count). The molecular formula is C7H9F3N4O2S+2. The molecule has 94 valence electrons. The molecule has 6 nitrogen and oxygen atoms in total. The minimum absolute atomic E-state index is 0.0148. The Morgan fingerprint density at radius 1 is 1.76 bits per heavy atom. The molecule has 0 spiro atoms. The molecule has 0 aromatic heterocycles. The van der Waals surface area contributed by atoms with Crippen molar-refractivity contribution in [2.45, 2.75) is 18.2 Å². The number of allylic oxidation sites excluding steroid dienone is 1. The Morgan fingerprint density at radius 2 is 2.35 bits per heavy atom. The van der Waals surface area contributed by atoms with Gasteiger partial charge in [0, 0.05) is 0 Å². The van der Waals surface area contributed by atoms with Crippen LogP contribution in [0.1, 0.15) is 6.92 Å². The lowest BCUT2D eigenvalue weighted by atomic mass is 10.5. The molecule has 17 heavy (non-hydrogen) atoms. The Labute approximate surface area is 96.9 Å². The number of nitrogens with zero attached hydrogens (tertiary/aromatic N) is 2. The number of nitrogens with one attached hydrogen (secondary N) is 1. The third-order valence-corrected chi connectivity index (χ3v) is 3.58. The van der Waals surface area contributed by atoms with Gasteiger partial charge in [-0.05, 0) is 6.92 Å². The number of nitrogens with two attached hydrogens (primary N) is 1. The first-order chi connectivity index (χ1) is 7.74. The summed E-state index contributed by atoms with van der Waals surface area (Å²) < 4.78 is 41.8. The largest absolute Gasteiger partial charge is 0.620 e. The average molecular weight is 270 g/mol. The Bertz CT molecular complexity index is 405. The predicted octanol–water partition coefficient (Wildman–Crippen LogP) is 1.19. The summed E-state index contributed by atoms with van der Waals surface area (Å²) in [6.07, 6.45) is -4.70. The first-order valence-corrected chi connectivity index (χ1v) is 5.65. The van der Waals surface area contributed by atoms with E-state index in [1.807, 2.05) is 0 Å². The number of alkyl halides is 3. The molecule has 0 aromatic carbocycles. The van der Waals surface area contributed by atoms with Crippen LogP contribution in [0.2, 0.25) is 0 Å². The number of ether oxygens (including phenoxy) is 1. The maximum Gasteiger partial charge on any atom is 0.620 e. The molecule has 1 aliphatic heterocycles. The highest BCUT2D eigenvalue weighted by molar-refractivity contribution is 8.14. The van der Waals surface area contributed by atoms with Gasteiger partial charge in [0.1, 0.15) is 0 Å². The summed E-state index contributed by atoms with van der Waals surface area (Å²) in [7, 11) is -1.85. The van der Waals surface area contributed by atoms with Crippen LogP contribution in [0.25, 0.3) is 4.98 Å². The van der Waals surface area contributed by atoms with Crippen LogP contribution in [-0.4, -0.2) is 23.2 Å². The van der Waals surface area contributed by atoms with Crippen LogP contribution >= 0.6 is 0 Å². The molecule has 2 unspecified atom stereocenters. The minimum Gasteiger partial charge on any atom is -0.425 e. The second kappa shape index (κ2) is 4.42. The van der Waals surface area contributed by atoms with Crippen LogP contribution in [0.15, 0.2) is 11.1 Å². The van der Waals surface area contributed by atoms with Gasteiger partial charge < -0.3 is 4.74 Å². The van der Waals surface area contributed by atoms with E-state index in [2.05, 4.69) is 9.71 Å². The summed E-state index contributed by atoms with van der Waals surface area (Å²) in [6, 6.07) is 0. The second-order valence-electron chi connectivity index (χ2n) is 2.97. The molecular weight excluding hydrogens is 261 g/mol. The smallest absolute Gasteiger partial charge is 0.425 e. The topological polar surface area (TPSA) is 92.5 Å². The summed E-state index contributed by atoms with van der Waals surface area (Å²) in [5.41, 5.74) is 4.12. The van der Waals surface area contributed by atoms with Crippen LogP contribution in [-0.2, 0) is 15.6 Å². The maximum atomic E-state index is 12.4. The number of carbonyl (C=O) groups excluding carboxylic acids is 1. The molecule has 0 aromatic rings. The number of diazo groups is 1. The van der Waals surface area contributed by atoms with Crippen molar-refractivity contribution in [2.75, 3.05) is 6.61 Å². The Hall–Kier alpha value is -1.47. The van der Waals surface area contributed by atoms with Crippen LogP contribution < -0.4 is 11.1 Å². The lowest BCUT2D eigenvalue weighted by Crippen LogP contribution is -2.54. The molecule has 3 N–H and O–H groups in total. The lowest BCUT2D eigenvalue weighted by Gasteiger charge is -2.06. The van der Waals surface area contributed by atoms with E-state index in [0.717, 1.165) is 0 Å². The normalized spacial score (nSPS) is 28.0. The zero-order valence-corrected chi connectivity index (χ0v) is 9.43. The van der Waals surface area contributed by atoms with Gasteiger partial charge in [0.15, 0.2) is 11.1 Å². The van der Waals surface area contributed by atoms with Crippen LogP contribution in [0, 0.1) is 5.39 Å². The van der Waals surface area contributed by atoms with Crippen LogP contribution in [0.5, 0.6) is 0 Å². The molecule has 0 saturated heterocycles. The average Bonchev–Trinajstić information content (AvgIpc) is 2.57. The van der Waals surface area contributed by atoms with E-state index >= 15 is 0 Å². The molecule has 0 aliphatic carbocycles. The minimum atomic E-state index is -4.70. The van der Waals surface area contributed by atoms with Crippen molar-refractivity contribution in [1.82, 2.24) is 5.32 Å². The van der Waals surface area contributed by atoms with Crippen molar-refractivity contribution >= 4 is 16.2 Å². The van der Waals surface area contributed by atoms with Crippen molar-refractivity contribution in [2.24, 2.45) is 5.73 Å². The third-order valence-electron chi connectivity index (χ3n) is 1.78. The number of hydrogen-bond acceptors (Lipinski definition) is 5. The molecule has 0 saturated carbocycles. The number of carbonyl (C=O) groups is 1. The van der Waals surface area contributed by atoms with Gasteiger partial charge in [-0.15, -0.1) is 0 Å². The molecule has 0 fully saturated rings. The van der Waals surface area contributed by atoms with Gasteiger partial charge in [0.05, 0.1) is 6.61 Å². The van der Waals surface area contributed by atoms with E-state index in [0.29, 0.717) is 5.41 Å². The van der Waals surface area contributed by atoms with Gasteiger partial charge in [-0.25, -0.2) is 5.32 Å². The van der Waals surface area contributed by atoms with E-state index in [-0.39, 0.29) is 6.61 Å². The van der Waals surface area contributed by atoms with E-state index < -0.39 is 33.2 Å². The fraction of sp³-hybridized carbons (Fsp3) is 0.571. The number of hydrogen-bond donors (Lipinski definition) is 2. The van der Waals surface area contributed by atoms with Crippen molar-refractivity contribution < 1.29 is 22.7 Å². The third kappa shape index (κ3) is 2.62. The summed E-state index contributed by atoms with van der Waals surface area (Å²) in [6.45, 7) is 1.48. The first-order valence-electron chi connectivity index (χ1n) is 4.37. The highest BCUT2D eigenvalue weighted by atomic mass is 32.2. The van der Waals surface area contributed by atoms with Crippen molar-refractivity contribution in [3.8, 4) is 0 Å². The zero-order valence-electron chi connectivity index (χ0n) is 8.61. The predicted molar refractivity (Wildman–Crippen MR) is 53.7 cm³/mol. The summed E-state index contributed by atoms with van der Waals surface area (Å²) >= 11 is 0. The first kappa shape index (κ1) is 13.6. The van der Waals surface area contributed by atoms with Gasteiger partial charge in [0.25, 0.3) is 10.9 Å². The molecule has 2 atom stereocenters. The van der Waals surface area contributed by atoms with Gasteiger partial charge in [-0.3, -0.25) is 0 Å². The van der Waals surface area contributed by atoms with E-state index in [1.54, 1.807) is 5.32 Å². The summed E-state index contributed by atoms with van der Waals surface area (Å²) in [5.74, 6) is 0. The Morgan fingerprint density at radius 3 is 2.76 bits per heavy atom. The fourth-order valence-corrected chi connectivity index (χ4v) is 2.56. The lowest BCUT2D eigenvalue weighted by molar-refractivity contribution is -0.0969. The molecule has 0 bridgehead atoms. The monoisotopic (exact) mass is 270 g/mol. The maximum absolute atomic E-state index is 12.4. The molecule has 1 heterocycles. The summed E-state index contributed by atoms with van der Waals surface area (Å²) in [5, 5.41) is 7.76. The van der Waals surface area contributed by atoms with E-state index in [9.17, 15) is 18.0 Å². The van der Waals surface area contributed by atoms with Gasteiger partial charge in [-0.2, -0.15) is 23.7 Å². The Kier molecular flexibility index (Phi) is 3.53. The number of halogens is 3. The van der Waals surface area contributed by atoms with Gasteiger partial charge >= 0.3 is 16.6 Å². The highest BCUT2D eigenvalue weighted by Gasteiger charge is 2.71. The zero-order chi connectivity index (χ0) is 13.3. The Balaban J connectivity index is 3.04. The standard InChI is InChI=1S/C7H9F3N4O2S/c1-2-16-5(15)17-3-4(6(8,9)10)13-7(17,11)14-12/h3,13H,2,11H2,1H3/q+2. The molecule has 0 radical (unpaired) electrons. The second-order valence-corrected chi connectivity index (χ2v) is 4.84. The molecule has 10 heteroatoms. The molecule has 0 amide bonds. The quantitative estimate of drug-likeness (QED) is 0.424. The van der Waals surface area contributed by atoms with Crippen LogP contribution in [0.3, 0.4) is 0 Å². The van der Waals surface area contributed by atoms with Crippen molar-refractivity contribution in [1.29, 1.82) is 5.39 Å². The van der Waals surface area contributed by atoms with Crippen LogP contribution in [0.4, 0.5) is 18.0 Å². The van der Waals surface area contributed by atoms with E-state index in [4.69, 9.17) is 11.1 Å². The van der Waals surface area contributed by atoms with Crippen molar-refractivity contribution in [3.05, 3.63) is 16.1 Å². The molecule has 1 aliphatic rings. The summed E-state index contributed by atoms with van der Waals surface area (Å²) in [4.78, 5) is 14.0. The van der Waals surface area contributed by atoms with Gasteiger partial charge in [-0.1, -0.05) is 0 Å².